The van der Waals surface area contributed by atoms with Crippen molar-refractivity contribution in [2.75, 3.05) is 13.2 Å². The van der Waals surface area contributed by atoms with Crippen LogP contribution in [-0.2, 0) is 0 Å². The SMILES string of the molecule is CC(NCCCO)c1ccc(F)cc1. The fourth-order valence-electron chi connectivity index (χ4n) is 1.27. The molecule has 2 N–H and O–H groups in total. The van der Waals surface area contributed by atoms with E-state index in [0.717, 1.165) is 18.5 Å². The van der Waals surface area contributed by atoms with Gasteiger partial charge in [0.25, 0.3) is 0 Å². The first-order valence-corrected chi connectivity index (χ1v) is 4.83. The minimum absolute atomic E-state index is 0.196. The van der Waals surface area contributed by atoms with Crippen LogP contribution in [0.1, 0.15) is 24.9 Å². The highest BCUT2D eigenvalue weighted by molar-refractivity contribution is 5.19. The van der Waals surface area contributed by atoms with Gasteiger partial charge in [0.15, 0.2) is 0 Å². The van der Waals surface area contributed by atoms with Gasteiger partial charge in [0.1, 0.15) is 5.82 Å². The molecule has 1 atom stereocenters. The Labute approximate surface area is 83.8 Å². The van der Waals surface area contributed by atoms with E-state index < -0.39 is 0 Å². The Bertz CT molecular complexity index is 260. The molecule has 0 saturated heterocycles. The average Bonchev–Trinajstić information content (AvgIpc) is 2.19. The summed E-state index contributed by atoms with van der Waals surface area (Å²) in [6.07, 6.45) is 0.742. The predicted molar refractivity (Wildman–Crippen MR) is 54.5 cm³/mol. The van der Waals surface area contributed by atoms with Gasteiger partial charge in [0.2, 0.25) is 0 Å². The van der Waals surface area contributed by atoms with Crippen LogP contribution in [0.25, 0.3) is 0 Å². The first-order chi connectivity index (χ1) is 6.74. The number of nitrogens with one attached hydrogen (secondary N) is 1. The molecule has 0 heterocycles. The maximum Gasteiger partial charge on any atom is 0.123 e. The van der Waals surface area contributed by atoms with E-state index in [1.165, 1.54) is 12.1 Å². The largest absolute Gasteiger partial charge is 0.396 e. The van der Waals surface area contributed by atoms with Gasteiger partial charge in [-0.15, -0.1) is 0 Å². The third kappa shape index (κ3) is 3.44. The van der Waals surface area contributed by atoms with E-state index in [0.29, 0.717) is 0 Å². The quantitative estimate of drug-likeness (QED) is 0.706. The number of halogens is 1. The van der Waals surface area contributed by atoms with E-state index in [1.54, 1.807) is 12.1 Å². The van der Waals surface area contributed by atoms with E-state index in [1.807, 2.05) is 6.92 Å². The van der Waals surface area contributed by atoms with Crippen molar-refractivity contribution < 1.29 is 9.50 Å². The molecular formula is C11H16FNO. The zero-order valence-corrected chi connectivity index (χ0v) is 8.33. The summed E-state index contributed by atoms with van der Waals surface area (Å²) in [6, 6.07) is 6.65. The van der Waals surface area contributed by atoms with Crippen molar-refractivity contribution in [3.05, 3.63) is 35.6 Å². The van der Waals surface area contributed by atoms with Crippen molar-refractivity contribution in [2.24, 2.45) is 0 Å². The predicted octanol–water partition coefficient (Wildman–Crippen LogP) is 1.86. The Morgan fingerprint density at radius 1 is 1.36 bits per heavy atom. The molecule has 14 heavy (non-hydrogen) atoms. The molecule has 0 fully saturated rings. The third-order valence-corrected chi connectivity index (χ3v) is 2.16. The molecule has 1 rings (SSSR count). The smallest absolute Gasteiger partial charge is 0.123 e. The van der Waals surface area contributed by atoms with E-state index in [-0.39, 0.29) is 18.5 Å². The van der Waals surface area contributed by atoms with Crippen molar-refractivity contribution in [1.29, 1.82) is 0 Å². The van der Waals surface area contributed by atoms with Gasteiger partial charge in [-0.1, -0.05) is 12.1 Å². The van der Waals surface area contributed by atoms with Crippen LogP contribution in [0, 0.1) is 5.82 Å². The minimum Gasteiger partial charge on any atom is -0.396 e. The first kappa shape index (κ1) is 11.1. The molecule has 0 aliphatic heterocycles. The molecular weight excluding hydrogens is 181 g/mol. The van der Waals surface area contributed by atoms with Crippen LogP contribution in [0.3, 0.4) is 0 Å². The highest BCUT2D eigenvalue weighted by Crippen LogP contribution is 2.12. The van der Waals surface area contributed by atoms with Gasteiger partial charge in [-0.3, -0.25) is 0 Å². The summed E-state index contributed by atoms with van der Waals surface area (Å²) in [5.74, 6) is -0.212. The summed E-state index contributed by atoms with van der Waals surface area (Å²) in [5, 5.41) is 11.8. The summed E-state index contributed by atoms with van der Waals surface area (Å²) in [4.78, 5) is 0. The van der Waals surface area contributed by atoms with Crippen molar-refractivity contribution >= 4 is 0 Å². The molecule has 0 amide bonds. The number of hydrogen-bond donors (Lipinski definition) is 2. The molecule has 0 radical (unpaired) electrons. The molecule has 1 unspecified atom stereocenters. The molecule has 0 aromatic heterocycles. The third-order valence-electron chi connectivity index (χ3n) is 2.16. The molecule has 0 bridgehead atoms. The van der Waals surface area contributed by atoms with Gasteiger partial charge >= 0.3 is 0 Å². The van der Waals surface area contributed by atoms with Crippen LogP contribution in [0.15, 0.2) is 24.3 Å². The van der Waals surface area contributed by atoms with Crippen molar-refractivity contribution in [3.63, 3.8) is 0 Å². The van der Waals surface area contributed by atoms with Gasteiger partial charge in [0.05, 0.1) is 0 Å². The Kier molecular flexibility index (Phi) is 4.56. The van der Waals surface area contributed by atoms with Crippen molar-refractivity contribution in [1.82, 2.24) is 5.32 Å². The molecule has 2 nitrogen and oxygen atoms in total. The number of hydrogen-bond acceptors (Lipinski definition) is 2. The Balaban J connectivity index is 2.43. The van der Waals surface area contributed by atoms with E-state index in [9.17, 15) is 4.39 Å². The highest BCUT2D eigenvalue weighted by Gasteiger charge is 2.03. The van der Waals surface area contributed by atoms with E-state index in [2.05, 4.69) is 5.32 Å². The lowest BCUT2D eigenvalue weighted by molar-refractivity contribution is 0.284. The van der Waals surface area contributed by atoms with Gasteiger partial charge in [0, 0.05) is 12.6 Å². The topological polar surface area (TPSA) is 32.3 Å². The number of aliphatic hydroxyl groups excluding tert-OH is 1. The van der Waals surface area contributed by atoms with Gasteiger partial charge in [-0.05, 0) is 37.6 Å². The standard InChI is InChI=1S/C11H16FNO/c1-9(13-7-2-8-14)10-3-5-11(12)6-4-10/h3-6,9,13-14H,2,7-8H2,1H3. The van der Waals surface area contributed by atoms with Crippen molar-refractivity contribution in [2.45, 2.75) is 19.4 Å². The summed E-state index contributed by atoms with van der Waals surface area (Å²) in [6.45, 7) is 2.99. The lowest BCUT2D eigenvalue weighted by Gasteiger charge is -2.13. The molecule has 0 spiro atoms. The molecule has 1 aromatic rings. The lowest BCUT2D eigenvalue weighted by atomic mass is 10.1. The number of benzene rings is 1. The second-order valence-electron chi connectivity index (χ2n) is 3.30. The zero-order chi connectivity index (χ0) is 10.4. The summed E-state index contributed by atoms with van der Waals surface area (Å²) in [5.41, 5.74) is 1.06. The van der Waals surface area contributed by atoms with Gasteiger partial charge in [-0.25, -0.2) is 4.39 Å². The lowest BCUT2D eigenvalue weighted by Crippen LogP contribution is -2.20. The second-order valence-corrected chi connectivity index (χ2v) is 3.30. The molecule has 0 aliphatic rings. The summed E-state index contributed by atoms with van der Waals surface area (Å²) < 4.78 is 12.6. The van der Waals surface area contributed by atoms with Crippen LogP contribution in [0.5, 0.6) is 0 Å². The van der Waals surface area contributed by atoms with Gasteiger partial charge < -0.3 is 10.4 Å². The van der Waals surface area contributed by atoms with Crippen LogP contribution >= 0.6 is 0 Å². The highest BCUT2D eigenvalue weighted by atomic mass is 19.1. The van der Waals surface area contributed by atoms with E-state index in [4.69, 9.17) is 5.11 Å². The zero-order valence-electron chi connectivity index (χ0n) is 8.33. The Hall–Kier alpha value is -0.930. The van der Waals surface area contributed by atoms with Crippen LogP contribution in [-0.4, -0.2) is 18.3 Å². The molecule has 0 aliphatic carbocycles. The Morgan fingerprint density at radius 3 is 2.57 bits per heavy atom. The maximum atomic E-state index is 12.6. The minimum atomic E-state index is -0.212. The monoisotopic (exact) mass is 197 g/mol. The first-order valence-electron chi connectivity index (χ1n) is 4.83. The molecule has 0 saturated carbocycles. The molecule has 78 valence electrons. The average molecular weight is 197 g/mol. The fourth-order valence-corrected chi connectivity index (χ4v) is 1.27. The summed E-state index contributed by atoms with van der Waals surface area (Å²) >= 11 is 0. The normalized spacial score (nSPS) is 12.8. The second kappa shape index (κ2) is 5.73. The van der Waals surface area contributed by atoms with Crippen molar-refractivity contribution in [3.8, 4) is 0 Å². The van der Waals surface area contributed by atoms with E-state index >= 15 is 0 Å². The van der Waals surface area contributed by atoms with Crippen LogP contribution in [0.2, 0.25) is 0 Å². The molecule has 1 aromatic carbocycles. The number of rotatable bonds is 5. The van der Waals surface area contributed by atoms with Crippen LogP contribution < -0.4 is 5.32 Å². The fraction of sp³-hybridized carbons (Fsp3) is 0.455. The number of aliphatic hydroxyl groups is 1. The summed E-state index contributed by atoms with van der Waals surface area (Å²) in [7, 11) is 0. The Morgan fingerprint density at radius 2 is 2.00 bits per heavy atom. The van der Waals surface area contributed by atoms with Gasteiger partial charge in [-0.2, -0.15) is 0 Å². The molecule has 3 heteroatoms. The van der Waals surface area contributed by atoms with Crippen LogP contribution in [0.4, 0.5) is 4.39 Å². The maximum absolute atomic E-state index is 12.6.